The molecule has 0 fully saturated rings. The Labute approximate surface area is 170 Å². The molecule has 0 spiro atoms. The maximum absolute atomic E-state index is 12.8. The Kier molecular flexibility index (Phi) is 6.03. The number of esters is 1. The standard InChI is InChI=1S/C25H22O4/c1-16-8-11-19(12-9-16)24(27)21-6-4-5-7-22(21)25(28)29-15-23(26)20-13-10-17(2)18(3)14-20/h4-14H,15H2,1-3H3. The molecule has 0 atom stereocenters. The number of Topliss-reactive ketones (excluding diaryl/α,β-unsaturated/α-hetero) is 1. The van der Waals surface area contributed by atoms with Crippen LogP contribution in [0.5, 0.6) is 0 Å². The largest absolute Gasteiger partial charge is 0.454 e. The van der Waals surface area contributed by atoms with Gasteiger partial charge in [-0.2, -0.15) is 0 Å². The van der Waals surface area contributed by atoms with Gasteiger partial charge in [0.1, 0.15) is 0 Å². The number of hydrogen-bond donors (Lipinski definition) is 0. The average Bonchev–Trinajstić information content (AvgIpc) is 2.73. The second-order valence-corrected chi connectivity index (χ2v) is 7.04. The minimum absolute atomic E-state index is 0.144. The van der Waals surface area contributed by atoms with E-state index >= 15 is 0 Å². The van der Waals surface area contributed by atoms with E-state index < -0.39 is 5.97 Å². The summed E-state index contributed by atoms with van der Waals surface area (Å²) in [7, 11) is 0. The number of carbonyl (C=O) groups excluding carboxylic acids is 3. The Morgan fingerprint density at radius 3 is 2.00 bits per heavy atom. The maximum Gasteiger partial charge on any atom is 0.339 e. The Morgan fingerprint density at radius 2 is 1.34 bits per heavy atom. The van der Waals surface area contributed by atoms with Gasteiger partial charge in [0.05, 0.1) is 5.56 Å². The Bertz CT molecular complexity index is 1080. The molecule has 0 amide bonds. The van der Waals surface area contributed by atoms with Crippen molar-refractivity contribution in [3.8, 4) is 0 Å². The highest BCUT2D eigenvalue weighted by atomic mass is 16.5. The van der Waals surface area contributed by atoms with Crippen LogP contribution in [-0.2, 0) is 4.74 Å². The lowest BCUT2D eigenvalue weighted by atomic mass is 9.98. The SMILES string of the molecule is Cc1ccc(C(=O)c2ccccc2C(=O)OCC(=O)c2ccc(C)c(C)c2)cc1. The number of hydrogen-bond acceptors (Lipinski definition) is 4. The van der Waals surface area contributed by atoms with Gasteiger partial charge < -0.3 is 4.74 Å². The molecule has 0 aromatic heterocycles. The molecule has 3 aromatic carbocycles. The van der Waals surface area contributed by atoms with Crippen molar-refractivity contribution in [3.63, 3.8) is 0 Å². The number of rotatable bonds is 6. The lowest BCUT2D eigenvalue weighted by Gasteiger charge is -2.10. The van der Waals surface area contributed by atoms with Crippen molar-refractivity contribution < 1.29 is 19.1 Å². The van der Waals surface area contributed by atoms with Crippen molar-refractivity contribution in [3.05, 3.63) is 106 Å². The van der Waals surface area contributed by atoms with Crippen molar-refractivity contribution in [2.45, 2.75) is 20.8 Å². The summed E-state index contributed by atoms with van der Waals surface area (Å²) >= 11 is 0. The fourth-order valence-electron chi connectivity index (χ4n) is 2.93. The van der Waals surface area contributed by atoms with Crippen LogP contribution in [0.25, 0.3) is 0 Å². The first-order valence-electron chi connectivity index (χ1n) is 9.35. The predicted molar refractivity (Wildman–Crippen MR) is 112 cm³/mol. The molecule has 0 unspecified atom stereocenters. The topological polar surface area (TPSA) is 60.4 Å². The zero-order chi connectivity index (χ0) is 21.0. The minimum atomic E-state index is -0.696. The van der Waals surface area contributed by atoms with E-state index in [0.717, 1.165) is 16.7 Å². The van der Waals surface area contributed by atoms with Crippen LogP contribution >= 0.6 is 0 Å². The summed E-state index contributed by atoms with van der Waals surface area (Å²) in [5.41, 5.74) is 4.50. The molecule has 0 saturated heterocycles. The first-order valence-corrected chi connectivity index (χ1v) is 9.35. The lowest BCUT2D eigenvalue weighted by Crippen LogP contribution is -2.17. The third-order valence-corrected chi connectivity index (χ3v) is 4.87. The van der Waals surface area contributed by atoms with Gasteiger partial charge in [0.2, 0.25) is 0 Å². The summed E-state index contributed by atoms with van der Waals surface area (Å²) in [5.74, 6) is -1.25. The molecule has 0 aliphatic rings. The van der Waals surface area contributed by atoms with Crippen molar-refractivity contribution in [1.29, 1.82) is 0 Å². The van der Waals surface area contributed by atoms with Crippen LogP contribution < -0.4 is 0 Å². The van der Waals surface area contributed by atoms with Gasteiger partial charge in [-0.15, -0.1) is 0 Å². The number of carbonyl (C=O) groups is 3. The van der Waals surface area contributed by atoms with Crippen molar-refractivity contribution >= 4 is 17.5 Å². The van der Waals surface area contributed by atoms with E-state index in [1.807, 2.05) is 39.0 Å². The van der Waals surface area contributed by atoms with Gasteiger partial charge in [-0.3, -0.25) is 9.59 Å². The fourth-order valence-corrected chi connectivity index (χ4v) is 2.93. The van der Waals surface area contributed by atoms with Gasteiger partial charge in [-0.1, -0.05) is 60.2 Å². The first kappa shape index (κ1) is 20.2. The molecule has 146 valence electrons. The van der Waals surface area contributed by atoms with Crippen LogP contribution in [0.3, 0.4) is 0 Å². The number of ketones is 2. The predicted octanol–water partition coefficient (Wildman–Crippen LogP) is 4.88. The Hall–Kier alpha value is -3.53. The molecule has 29 heavy (non-hydrogen) atoms. The highest BCUT2D eigenvalue weighted by Gasteiger charge is 2.20. The molecule has 0 radical (unpaired) electrons. The van der Waals surface area contributed by atoms with E-state index in [1.54, 1.807) is 42.5 Å². The minimum Gasteiger partial charge on any atom is -0.454 e. The van der Waals surface area contributed by atoms with Gasteiger partial charge in [-0.05, 0) is 44.0 Å². The van der Waals surface area contributed by atoms with Gasteiger partial charge in [0, 0.05) is 16.7 Å². The molecule has 0 bridgehead atoms. The lowest BCUT2D eigenvalue weighted by molar-refractivity contribution is 0.0473. The average molecular weight is 386 g/mol. The van der Waals surface area contributed by atoms with Crippen LogP contribution in [0.15, 0.2) is 66.7 Å². The zero-order valence-corrected chi connectivity index (χ0v) is 16.7. The maximum atomic E-state index is 12.8. The first-order chi connectivity index (χ1) is 13.9. The molecule has 0 heterocycles. The van der Waals surface area contributed by atoms with E-state index in [2.05, 4.69) is 0 Å². The summed E-state index contributed by atoms with van der Waals surface area (Å²) < 4.78 is 5.22. The van der Waals surface area contributed by atoms with Gasteiger partial charge in [0.15, 0.2) is 18.2 Å². The third kappa shape index (κ3) is 4.66. The van der Waals surface area contributed by atoms with E-state index in [-0.39, 0.29) is 29.3 Å². The monoisotopic (exact) mass is 386 g/mol. The molecular weight excluding hydrogens is 364 g/mol. The third-order valence-electron chi connectivity index (χ3n) is 4.87. The smallest absolute Gasteiger partial charge is 0.339 e. The van der Waals surface area contributed by atoms with Crippen LogP contribution in [0, 0.1) is 20.8 Å². The summed E-state index contributed by atoms with van der Waals surface area (Å²) in [4.78, 5) is 37.8. The molecule has 0 aliphatic carbocycles. The van der Waals surface area contributed by atoms with E-state index in [9.17, 15) is 14.4 Å². The second kappa shape index (κ2) is 8.65. The molecule has 4 nitrogen and oxygen atoms in total. The van der Waals surface area contributed by atoms with Crippen LogP contribution in [0.2, 0.25) is 0 Å². The Balaban J connectivity index is 1.76. The van der Waals surface area contributed by atoms with E-state index in [1.165, 1.54) is 6.07 Å². The van der Waals surface area contributed by atoms with Gasteiger partial charge in [-0.25, -0.2) is 4.79 Å². The zero-order valence-electron chi connectivity index (χ0n) is 16.7. The molecule has 3 rings (SSSR count). The van der Waals surface area contributed by atoms with Crippen molar-refractivity contribution in [2.75, 3.05) is 6.61 Å². The van der Waals surface area contributed by atoms with Crippen LogP contribution in [-0.4, -0.2) is 24.1 Å². The summed E-state index contributed by atoms with van der Waals surface area (Å²) in [6.07, 6.45) is 0. The summed E-state index contributed by atoms with van der Waals surface area (Å²) in [5, 5.41) is 0. The summed E-state index contributed by atoms with van der Waals surface area (Å²) in [6.45, 7) is 5.44. The molecule has 4 heteroatoms. The quantitative estimate of drug-likeness (QED) is 0.447. The van der Waals surface area contributed by atoms with Crippen LogP contribution in [0.4, 0.5) is 0 Å². The van der Waals surface area contributed by atoms with Crippen molar-refractivity contribution in [1.82, 2.24) is 0 Å². The van der Waals surface area contributed by atoms with Gasteiger partial charge in [0.25, 0.3) is 0 Å². The number of aryl methyl sites for hydroxylation is 3. The Morgan fingerprint density at radius 1 is 0.724 bits per heavy atom. The molecule has 0 N–H and O–H groups in total. The fraction of sp³-hybridized carbons (Fsp3) is 0.160. The molecular formula is C25H22O4. The normalized spacial score (nSPS) is 10.4. The highest BCUT2D eigenvalue weighted by molar-refractivity contribution is 6.14. The van der Waals surface area contributed by atoms with E-state index in [0.29, 0.717) is 11.1 Å². The molecule has 0 aliphatic heterocycles. The molecule has 3 aromatic rings. The summed E-state index contributed by atoms with van der Waals surface area (Å²) in [6, 6.07) is 19.0. The van der Waals surface area contributed by atoms with Crippen LogP contribution in [0.1, 0.15) is 53.3 Å². The second-order valence-electron chi connectivity index (χ2n) is 7.04. The number of ether oxygens (including phenoxy) is 1. The number of benzene rings is 3. The van der Waals surface area contributed by atoms with Gasteiger partial charge >= 0.3 is 5.97 Å². The van der Waals surface area contributed by atoms with Crippen molar-refractivity contribution in [2.24, 2.45) is 0 Å². The highest BCUT2D eigenvalue weighted by Crippen LogP contribution is 2.17. The molecule has 0 saturated carbocycles. The van der Waals surface area contributed by atoms with E-state index in [4.69, 9.17) is 4.74 Å².